The van der Waals surface area contributed by atoms with E-state index < -0.39 is 11.6 Å². The Morgan fingerprint density at radius 2 is 1.83 bits per heavy atom. The Labute approximate surface area is 167 Å². The van der Waals surface area contributed by atoms with Crippen molar-refractivity contribution in [3.05, 3.63) is 59.2 Å². The summed E-state index contributed by atoms with van der Waals surface area (Å²) in [6.07, 6.45) is 0.946. The van der Waals surface area contributed by atoms with Crippen molar-refractivity contribution in [2.75, 3.05) is 11.9 Å². The van der Waals surface area contributed by atoms with Gasteiger partial charge < -0.3 is 4.90 Å². The molecule has 2 N–H and O–H groups in total. The third-order valence-corrected chi connectivity index (χ3v) is 4.20. The Balaban J connectivity index is 2.20. The molecule has 0 aliphatic rings. The van der Waals surface area contributed by atoms with Gasteiger partial charge in [0.05, 0.1) is 11.9 Å². The van der Waals surface area contributed by atoms with E-state index in [1.807, 2.05) is 20.8 Å². The summed E-state index contributed by atoms with van der Waals surface area (Å²) in [4.78, 5) is 5.80. The van der Waals surface area contributed by atoms with Crippen molar-refractivity contribution in [1.29, 1.82) is 10.8 Å². The predicted molar refractivity (Wildman–Crippen MR) is 111 cm³/mol. The molecule has 0 saturated heterocycles. The Kier molecular flexibility index (Phi) is 5.21. The lowest BCUT2D eigenvalue weighted by molar-refractivity contribution is 0.571. The van der Waals surface area contributed by atoms with Gasteiger partial charge in [-0.25, -0.2) is 8.78 Å². The zero-order valence-corrected chi connectivity index (χ0v) is 16.6. The zero-order chi connectivity index (χ0) is 21.3. The summed E-state index contributed by atoms with van der Waals surface area (Å²) in [6.45, 7) is 5.90. The van der Waals surface area contributed by atoms with E-state index in [9.17, 15) is 8.78 Å². The highest BCUT2D eigenvalue weighted by atomic mass is 19.1. The monoisotopic (exact) mass is 393 g/mol. The van der Waals surface area contributed by atoms with Gasteiger partial charge >= 0.3 is 0 Å². The lowest BCUT2D eigenvalue weighted by Crippen LogP contribution is -2.26. The molecule has 0 atom stereocenters. The van der Waals surface area contributed by atoms with Crippen molar-refractivity contribution in [3.8, 4) is 11.8 Å². The third-order valence-electron chi connectivity index (χ3n) is 4.20. The van der Waals surface area contributed by atoms with E-state index in [2.05, 4.69) is 16.8 Å². The van der Waals surface area contributed by atoms with E-state index in [-0.39, 0.29) is 16.9 Å². The van der Waals surface area contributed by atoms with Crippen LogP contribution in [-0.2, 0) is 0 Å². The normalized spacial score (nSPS) is 11.1. The molecule has 29 heavy (non-hydrogen) atoms. The molecule has 0 radical (unpaired) electrons. The maximum Gasteiger partial charge on any atom is 0.229 e. The molecular weight excluding hydrogens is 372 g/mol. The summed E-state index contributed by atoms with van der Waals surface area (Å²) in [5, 5.41) is 16.0. The molecule has 148 valence electrons. The van der Waals surface area contributed by atoms with Crippen LogP contribution in [0.5, 0.6) is 0 Å². The fraction of sp³-hybridized carbons (Fsp3) is 0.227. The van der Waals surface area contributed by atoms with Crippen LogP contribution < -0.4 is 10.5 Å². The van der Waals surface area contributed by atoms with Crippen molar-refractivity contribution in [3.63, 3.8) is 0 Å². The number of aromatic nitrogens is 2. The van der Waals surface area contributed by atoms with Gasteiger partial charge in [0, 0.05) is 29.1 Å². The van der Waals surface area contributed by atoms with Crippen molar-refractivity contribution >= 4 is 28.7 Å². The van der Waals surface area contributed by atoms with Crippen molar-refractivity contribution in [2.24, 2.45) is 5.41 Å². The van der Waals surface area contributed by atoms with Crippen molar-refractivity contribution in [2.45, 2.75) is 20.8 Å². The third kappa shape index (κ3) is 4.32. The van der Waals surface area contributed by atoms with Crippen LogP contribution in [0.25, 0.3) is 10.9 Å². The summed E-state index contributed by atoms with van der Waals surface area (Å²) in [7, 11) is 1.66. The van der Waals surface area contributed by atoms with E-state index in [0.29, 0.717) is 22.2 Å². The lowest BCUT2D eigenvalue weighted by atomic mass is 9.97. The zero-order valence-electron chi connectivity index (χ0n) is 16.6. The van der Waals surface area contributed by atoms with Crippen LogP contribution in [0.4, 0.5) is 20.3 Å². The van der Waals surface area contributed by atoms with E-state index in [1.54, 1.807) is 18.0 Å². The quantitative estimate of drug-likeness (QED) is 0.393. The topological polar surface area (TPSA) is 68.8 Å². The summed E-state index contributed by atoms with van der Waals surface area (Å²) < 4.78 is 29.4. The molecule has 5 nitrogen and oxygen atoms in total. The van der Waals surface area contributed by atoms with Gasteiger partial charge in [-0.3, -0.25) is 15.4 Å². The molecule has 0 spiro atoms. The number of hydrogen-bond acceptors (Lipinski definition) is 4. The molecule has 0 aliphatic heterocycles. The molecule has 1 heterocycles. The van der Waals surface area contributed by atoms with Crippen LogP contribution in [-0.4, -0.2) is 22.9 Å². The molecule has 0 saturated carbocycles. The molecule has 0 amide bonds. The minimum absolute atomic E-state index is 0.190. The lowest BCUT2D eigenvalue weighted by Gasteiger charge is -2.21. The second-order valence-electron chi connectivity index (χ2n) is 7.68. The van der Waals surface area contributed by atoms with E-state index in [1.165, 1.54) is 34.9 Å². The highest BCUT2D eigenvalue weighted by molar-refractivity contribution is 5.94. The van der Waals surface area contributed by atoms with E-state index in [4.69, 9.17) is 10.8 Å². The van der Waals surface area contributed by atoms with Crippen LogP contribution in [0.15, 0.2) is 36.4 Å². The summed E-state index contributed by atoms with van der Waals surface area (Å²) in [5.74, 6) is 5.40. The Hall–Kier alpha value is -3.53. The SMILES string of the molecule is CN(c1cc(F)cc(C#CC(C)(C)C)c1)c1nc(=N)n(C=N)c2ccc(F)cc12. The largest absolute Gasteiger partial charge is 0.329 e. The van der Waals surface area contributed by atoms with Gasteiger partial charge in [-0.2, -0.15) is 4.98 Å². The first-order valence-electron chi connectivity index (χ1n) is 8.93. The predicted octanol–water partition coefficient (Wildman–Crippen LogP) is 4.41. The molecule has 0 fully saturated rings. The number of fused-ring (bicyclic) bond motifs is 1. The van der Waals surface area contributed by atoms with Crippen LogP contribution in [0.1, 0.15) is 26.3 Å². The Bertz CT molecular complexity index is 1230. The van der Waals surface area contributed by atoms with Gasteiger partial charge in [-0.05, 0) is 57.2 Å². The molecular formula is C22H21F2N5. The van der Waals surface area contributed by atoms with Crippen molar-refractivity contribution < 1.29 is 8.78 Å². The summed E-state index contributed by atoms with van der Waals surface area (Å²) in [6, 6.07) is 8.43. The minimum atomic E-state index is -0.473. The molecule has 0 aliphatic carbocycles. The van der Waals surface area contributed by atoms with E-state index in [0.717, 1.165) is 6.34 Å². The van der Waals surface area contributed by atoms with Crippen molar-refractivity contribution in [1.82, 2.24) is 9.55 Å². The van der Waals surface area contributed by atoms with Gasteiger partial charge in [-0.1, -0.05) is 11.8 Å². The molecule has 2 aromatic carbocycles. The highest BCUT2D eigenvalue weighted by Crippen LogP contribution is 2.29. The number of anilines is 2. The van der Waals surface area contributed by atoms with Gasteiger partial charge in [0.2, 0.25) is 5.62 Å². The molecule has 0 bridgehead atoms. The first kappa shape index (κ1) is 20.2. The maximum atomic E-state index is 14.3. The van der Waals surface area contributed by atoms with Crippen LogP contribution in [0.3, 0.4) is 0 Å². The van der Waals surface area contributed by atoms with Crippen LogP contribution >= 0.6 is 0 Å². The number of rotatable bonds is 3. The second kappa shape index (κ2) is 7.47. The van der Waals surface area contributed by atoms with Crippen LogP contribution in [0.2, 0.25) is 0 Å². The van der Waals surface area contributed by atoms with Gasteiger partial charge in [-0.15, -0.1) is 0 Å². The molecule has 3 aromatic rings. The average molecular weight is 393 g/mol. The number of nitrogens with one attached hydrogen (secondary N) is 2. The van der Waals surface area contributed by atoms with Gasteiger partial charge in [0.15, 0.2) is 0 Å². The average Bonchev–Trinajstić information content (AvgIpc) is 2.64. The molecule has 0 unspecified atom stereocenters. The highest BCUT2D eigenvalue weighted by Gasteiger charge is 2.15. The number of hydrogen-bond donors (Lipinski definition) is 2. The number of nitrogens with zero attached hydrogens (tertiary/aromatic N) is 3. The second-order valence-corrected chi connectivity index (χ2v) is 7.68. The Morgan fingerprint density at radius 1 is 1.10 bits per heavy atom. The fourth-order valence-electron chi connectivity index (χ4n) is 2.83. The van der Waals surface area contributed by atoms with E-state index >= 15 is 0 Å². The minimum Gasteiger partial charge on any atom is -0.329 e. The first-order valence-corrected chi connectivity index (χ1v) is 8.93. The summed E-state index contributed by atoms with van der Waals surface area (Å²) in [5.41, 5.74) is 1.01. The van der Waals surface area contributed by atoms with Gasteiger partial charge in [0.25, 0.3) is 0 Å². The fourth-order valence-corrected chi connectivity index (χ4v) is 2.83. The number of benzene rings is 2. The smallest absolute Gasteiger partial charge is 0.229 e. The first-order chi connectivity index (χ1) is 13.6. The summed E-state index contributed by atoms with van der Waals surface area (Å²) >= 11 is 0. The Morgan fingerprint density at radius 3 is 2.48 bits per heavy atom. The standard InChI is InChI=1S/C22H21F2N5/c1-22(2,3)8-7-14-9-16(24)11-17(10-14)28(4)20-18-12-15(23)5-6-19(18)29(13-25)21(26)27-20/h5-6,9-13,25-26H,1-4H3. The van der Waals surface area contributed by atoms with Crippen LogP contribution in [0, 0.1) is 39.7 Å². The maximum absolute atomic E-state index is 14.3. The molecule has 3 rings (SSSR count). The molecule has 7 heteroatoms. The number of halogens is 2. The van der Waals surface area contributed by atoms with Gasteiger partial charge in [0.1, 0.15) is 17.5 Å². The molecule has 1 aromatic heterocycles.